The predicted octanol–water partition coefficient (Wildman–Crippen LogP) is 6.75. The average molecular weight is 520 g/mol. The third kappa shape index (κ3) is 6.79. The molecule has 1 atom stereocenters. The molecule has 0 aliphatic carbocycles. The summed E-state index contributed by atoms with van der Waals surface area (Å²) in [6.07, 6.45) is -5.03. The second-order valence-electron chi connectivity index (χ2n) is 8.53. The second-order valence-corrected chi connectivity index (χ2v) is 8.53. The van der Waals surface area contributed by atoms with Crippen molar-refractivity contribution in [3.8, 4) is 16.9 Å². The topological polar surface area (TPSA) is 75.6 Å². The van der Waals surface area contributed by atoms with Crippen LogP contribution in [0.3, 0.4) is 0 Å². The van der Waals surface area contributed by atoms with E-state index < -0.39 is 23.8 Å². The lowest BCUT2D eigenvalue weighted by Gasteiger charge is -2.21. The maximum Gasteiger partial charge on any atom is 0.416 e. The van der Waals surface area contributed by atoms with Crippen LogP contribution in [0.1, 0.15) is 39.6 Å². The number of halogens is 3. The van der Waals surface area contributed by atoms with E-state index in [1.165, 1.54) is 12.1 Å². The fourth-order valence-electron chi connectivity index (χ4n) is 3.86. The lowest BCUT2D eigenvalue weighted by atomic mass is 9.97. The van der Waals surface area contributed by atoms with Crippen molar-refractivity contribution in [3.63, 3.8) is 0 Å². The van der Waals surface area contributed by atoms with Gasteiger partial charge < -0.3 is 15.2 Å². The molecule has 0 radical (unpaired) electrons. The minimum atomic E-state index is -4.38. The number of benzene rings is 4. The third-order valence-corrected chi connectivity index (χ3v) is 5.86. The molecule has 0 aliphatic heterocycles. The van der Waals surface area contributed by atoms with E-state index in [4.69, 9.17) is 9.84 Å². The van der Waals surface area contributed by atoms with E-state index in [2.05, 4.69) is 5.32 Å². The van der Waals surface area contributed by atoms with Crippen molar-refractivity contribution in [2.75, 3.05) is 6.54 Å². The first-order chi connectivity index (χ1) is 18.2. The molecule has 0 heterocycles. The van der Waals surface area contributed by atoms with Gasteiger partial charge in [-0.05, 0) is 58.7 Å². The quantitative estimate of drug-likeness (QED) is 0.257. The van der Waals surface area contributed by atoms with E-state index >= 15 is 0 Å². The van der Waals surface area contributed by atoms with Crippen LogP contribution in [0.5, 0.6) is 5.75 Å². The number of rotatable bonds is 9. The van der Waals surface area contributed by atoms with Gasteiger partial charge in [-0.3, -0.25) is 9.59 Å². The number of carbonyl (C=O) groups excluding carboxylic acids is 1. The summed E-state index contributed by atoms with van der Waals surface area (Å²) in [6.45, 7) is 0.0327. The molecular weight excluding hydrogens is 495 g/mol. The van der Waals surface area contributed by atoms with Crippen LogP contribution in [0, 0.1) is 0 Å². The first-order valence-electron chi connectivity index (χ1n) is 11.8. The van der Waals surface area contributed by atoms with Crippen molar-refractivity contribution >= 4 is 11.9 Å². The molecule has 0 spiro atoms. The van der Waals surface area contributed by atoms with Crippen LogP contribution in [0.2, 0.25) is 0 Å². The zero-order chi connectivity index (χ0) is 27.1. The van der Waals surface area contributed by atoms with Crippen LogP contribution in [-0.2, 0) is 11.0 Å². The Bertz CT molecular complexity index is 1370. The highest BCUT2D eigenvalue weighted by Gasteiger charge is 2.30. The molecule has 0 unspecified atom stereocenters. The number of hydrogen-bond donors (Lipinski definition) is 2. The van der Waals surface area contributed by atoms with Gasteiger partial charge in [0.1, 0.15) is 11.9 Å². The summed E-state index contributed by atoms with van der Waals surface area (Å²) < 4.78 is 45.0. The predicted molar refractivity (Wildman–Crippen MR) is 137 cm³/mol. The highest BCUT2D eigenvalue weighted by atomic mass is 19.4. The summed E-state index contributed by atoms with van der Waals surface area (Å²) in [4.78, 5) is 22.8. The number of carboxylic acid groups (broad SMARTS) is 1. The first kappa shape index (κ1) is 26.5. The zero-order valence-electron chi connectivity index (χ0n) is 20.1. The Labute approximate surface area is 217 Å². The van der Waals surface area contributed by atoms with Crippen molar-refractivity contribution in [2.45, 2.75) is 18.7 Å². The Morgan fingerprint density at radius 1 is 0.763 bits per heavy atom. The van der Waals surface area contributed by atoms with Gasteiger partial charge in [-0.2, -0.15) is 13.2 Å². The first-order valence-corrected chi connectivity index (χ1v) is 11.8. The molecule has 0 bridgehead atoms. The molecule has 194 valence electrons. The van der Waals surface area contributed by atoms with Gasteiger partial charge in [0.25, 0.3) is 5.91 Å². The molecule has 8 heteroatoms. The highest BCUT2D eigenvalue weighted by molar-refractivity contribution is 5.94. The minimum Gasteiger partial charge on any atom is -0.481 e. The number of nitrogens with one attached hydrogen (secondary N) is 1. The fraction of sp³-hybridized carbons (Fsp3) is 0.133. The van der Waals surface area contributed by atoms with E-state index in [1.54, 1.807) is 24.3 Å². The van der Waals surface area contributed by atoms with E-state index in [0.717, 1.165) is 28.8 Å². The van der Waals surface area contributed by atoms with Crippen molar-refractivity contribution in [3.05, 3.63) is 125 Å². The number of carbonyl (C=O) groups is 2. The van der Waals surface area contributed by atoms with Crippen LogP contribution >= 0.6 is 0 Å². The van der Waals surface area contributed by atoms with Crippen molar-refractivity contribution in [1.82, 2.24) is 5.32 Å². The third-order valence-electron chi connectivity index (χ3n) is 5.86. The molecular formula is C30H24F3NO4. The minimum absolute atomic E-state index is 0.0327. The molecule has 0 saturated heterocycles. The zero-order valence-corrected chi connectivity index (χ0v) is 20.1. The van der Waals surface area contributed by atoms with Crippen molar-refractivity contribution in [1.29, 1.82) is 0 Å². The van der Waals surface area contributed by atoms with E-state index in [-0.39, 0.29) is 18.9 Å². The lowest BCUT2D eigenvalue weighted by Crippen LogP contribution is -2.25. The molecule has 1 amide bonds. The highest BCUT2D eigenvalue weighted by Crippen LogP contribution is 2.33. The molecule has 0 fully saturated rings. The monoisotopic (exact) mass is 519 g/mol. The summed E-state index contributed by atoms with van der Waals surface area (Å²) in [5.41, 5.74) is 2.85. The van der Waals surface area contributed by atoms with Gasteiger partial charge in [0.05, 0.1) is 12.0 Å². The summed E-state index contributed by atoms with van der Waals surface area (Å²) in [5, 5.41) is 11.3. The molecule has 2 N–H and O–H groups in total. The Kier molecular flexibility index (Phi) is 8.11. The Morgan fingerprint density at radius 2 is 1.32 bits per heavy atom. The van der Waals surface area contributed by atoms with Gasteiger partial charge >= 0.3 is 12.1 Å². The van der Waals surface area contributed by atoms with E-state index in [0.29, 0.717) is 16.9 Å². The normalized spacial score (nSPS) is 12.0. The summed E-state index contributed by atoms with van der Waals surface area (Å²) >= 11 is 0. The summed E-state index contributed by atoms with van der Waals surface area (Å²) in [7, 11) is 0. The molecule has 0 saturated carbocycles. The SMILES string of the molecule is O=C(O)CCNC(=O)c1ccc(O[C@H](c2ccccc2)c2ccc(-c3ccc(C(F)(F)F)cc3)cc2)cc1. The smallest absolute Gasteiger partial charge is 0.416 e. The van der Waals surface area contributed by atoms with Gasteiger partial charge in [-0.15, -0.1) is 0 Å². The van der Waals surface area contributed by atoms with Gasteiger partial charge in [-0.25, -0.2) is 0 Å². The number of aliphatic carboxylic acids is 1. The Balaban J connectivity index is 1.52. The van der Waals surface area contributed by atoms with E-state index in [9.17, 15) is 22.8 Å². The average Bonchev–Trinajstić information content (AvgIpc) is 2.92. The molecule has 4 aromatic rings. The molecule has 38 heavy (non-hydrogen) atoms. The summed E-state index contributed by atoms with van der Waals surface area (Å²) in [5.74, 6) is -0.850. The van der Waals surface area contributed by atoms with Crippen LogP contribution in [-0.4, -0.2) is 23.5 Å². The fourth-order valence-corrected chi connectivity index (χ4v) is 3.86. The van der Waals surface area contributed by atoms with Crippen LogP contribution in [0.25, 0.3) is 11.1 Å². The molecule has 4 aromatic carbocycles. The van der Waals surface area contributed by atoms with Crippen molar-refractivity contribution in [2.24, 2.45) is 0 Å². The Morgan fingerprint density at radius 3 is 1.87 bits per heavy atom. The van der Waals surface area contributed by atoms with Crippen molar-refractivity contribution < 1.29 is 32.6 Å². The number of hydrogen-bond acceptors (Lipinski definition) is 3. The molecule has 0 aromatic heterocycles. The molecule has 5 nitrogen and oxygen atoms in total. The lowest BCUT2D eigenvalue weighted by molar-refractivity contribution is -0.138. The van der Waals surface area contributed by atoms with Gasteiger partial charge in [-0.1, -0.05) is 66.7 Å². The Hall–Kier alpha value is -4.59. The largest absolute Gasteiger partial charge is 0.481 e. The van der Waals surface area contributed by atoms with Gasteiger partial charge in [0, 0.05) is 12.1 Å². The molecule has 4 rings (SSSR count). The summed E-state index contributed by atoms with van der Waals surface area (Å²) in [6, 6.07) is 28.5. The standard InChI is InChI=1S/C30H24F3NO4/c31-30(32,33)25-14-10-21(11-15-25)20-6-8-23(9-7-20)28(22-4-2-1-3-5-22)38-26-16-12-24(13-17-26)29(37)34-19-18-27(35)36/h1-17,28H,18-19H2,(H,34,37)(H,35,36)/t28-/m1/s1. The van der Waals surface area contributed by atoms with E-state index in [1.807, 2.05) is 54.6 Å². The van der Waals surface area contributed by atoms with Crippen LogP contribution in [0.4, 0.5) is 13.2 Å². The number of amides is 1. The second kappa shape index (κ2) is 11.6. The maximum atomic E-state index is 12.9. The van der Waals surface area contributed by atoms with Crippen LogP contribution < -0.4 is 10.1 Å². The van der Waals surface area contributed by atoms with Gasteiger partial charge in [0.15, 0.2) is 0 Å². The molecule has 0 aliphatic rings. The number of ether oxygens (including phenoxy) is 1. The van der Waals surface area contributed by atoms with Gasteiger partial charge in [0.2, 0.25) is 0 Å². The maximum absolute atomic E-state index is 12.9. The number of carboxylic acids is 1. The van der Waals surface area contributed by atoms with Crippen LogP contribution in [0.15, 0.2) is 103 Å². The number of alkyl halides is 3.